The quantitative estimate of drug-likeness (QED) is 0.109. The number of allylic oxidation sites excluding steroid dienone is 1. The van der Waals surface area contributed by atoms with Crippen LogP contribution >= 0.6 is 0 Å². The van der Waals surface area contributed by atoms with Crippen molar-refractivity contribution in [1.82, 2.24) is 0 Å². The third-order valence-corrected chi connectivity index (χ3v) is 16.8. The van der Waals surface area contributed by atoms with E-state index >= 15 is 0 Å². The molecule has 4 aliphatic carbocycles. The highest BCUT2D eigenvalue weighted by molar-refractivity contribution is 6.45. The first-order valence-electron chi connectivity index (χ1n) is 23.0. The van der Waals surface area contributed by atoms with E-state index in [2.05, 4.69) is 111 Å². The van der Waals surface area contributed by atoms with E-state index in [1.165, 1.54) is 62.5 Å². The SMILES string of the molecule is CC(C)CCCC(C)[C@H]1CC[C@H]2[C@@H]3CC=C4C[C@@H](OC(=O)c5ccc(CCCC(CB6OC(C)(C)C(C)(C)O6)c6ccccc6)cc5)CC[C@]4(C)[C@H]3CC[C@]12C. The van der Waals surface area contributed by atoms with Gasteiger partial charge in [-0.05, 0) is 174 Å². The van der Waals surface area contributed by atoms with Crippen LogP contribution < -0.4 is 0 Å². The fraction of sp³-hybridized carbons (Fsp3) is 0.706. The zero-order valence-corrected chi connectivity index (χ0v) is 36.7. The standard InChI is InChI=1S/C51H75BO4/c1-35(2)15-13-16-36(3)44-27-28-45-43-26-25-41-33-42(29-31-50(41,8)46(43)30-32-51(44,45)9)54-47(53)39-23-21-37(22-24-39)17-14-20-40(38-18-11-10-12-19-38)34-52-55-48(4,5)49(6,7)56-52/h10-12,18-19,21-25,35-36,40,42-46H,13-17,20,26-34H2,1-9H3/t36?,40?,42-,43-,44+,45-,46-,50-,51+/m0/s1. The van der Waals surface area contributed by atoms with Gasteiger partial charge in [0.15, 0.2) is 0 Å². The molecule has 9 atom stereocenters. The number of hydrogen-bond acceptors (Lipinski definition) is 4. The predicted molar refractivity (Wildman–Crippen MR) is 232 cm³/mol. The Bertz CT molecular complexity index is 1650. The van der Waals surface area contributed by atoms with E-state index < -0.39 is 0 Å². The van der Waals surface area contributed by atoms with Crippen LogP contribution in [0.3, 0.4) is 0 Å². The molecule has 2 aromatic carbocycles. The van der Waals surface area contributed by atoms with Crippen LogP contribution in [0.2, 0.25) is 6.32 Å². The van der Waals surface area contributed by atoms with Gasteiger partial charge in [0.25, 0.3) is 0 Å². The van der Waals surface area contributed by atoms with E-state index in [9.17, 15) is 4.79 Å². The van der Waals surface area contributed by atoms with Gasteiger partial charge in [0.2, 0.25) is 0 Å². The molecule has 7 rings (SSSR count). The van der Waals surface area contributed by atoms with Gasteiger partial charge in [-0.2, -0.15) is 0 Å². The molecular formula is C51H75BO4. The zero-order valence-electron chi connectivity index (χ0n) is 36.7. The maximum Gasteiger partial charge on any atom is 0.458 e. The Labute approximate surface area is 341 Å². The van der Waals surface area contributed by atoms with Gasteiger partial charge in [-0.15, -0.1) is 0 Å². The van der Waals surface area contributed by atoms with E-state index in [0.717, 1.165) is 80.4 Å². The van der Waals surface area contributed by atoms with Gasteiger partial charge in [-0.25, -0.2) is 4.79 Å². The molecule has 0 bridgehead atoms. The highest BCUT2D eigenvalue weighted by Gasteiger charge is 2.59. The molecular weight excluding hydrogens is 687 g/mol. The van der Waals surface area contributed by atoms with Crippen molar-refractivity contribution in [3.05, 3.63) is 82.9 Å². The third kappa shape index (κ3) is 8.52. The van der Waals surface area contributed by atoms with Crippen molar-refractivity contribution in [3.63, 3.8) is 0 Å². The van der Waals surface area contributed by atoms with E-state index in [1.54, 1.807) is 5.57 Å². The molecule has 0 radical (unpaired) electrons. The van der Waals surface area contributed by atoms with Crippen LogP contribution in [0.5, 0.6) is 0 Å². The monoisotopic (exact) mass is 763 g/mol. The number of rotatable bonds is 14. The molecule has 56 heavy (non-hydrogen) atoms. The lowest BCUT2D eigenvalue weighted by Crippen LogP contribution is -2.51. The molecule has 0 amide bonds. The van der Waals surface area contributed by atoms with Gasteiger partial charge in [0.05, 0.1) is 16.8 Å². The lowest BCUT2D eigenvalue weighted by atomic mass is 9.47. The number of ether oxygens (including phenoxy) is 1. The fourth-order valence-corrected chi connectivity index (χ4v) is 12.8. The van der Waals surface area contributed by atoms with Gasteiger partial charge in [0, 0.05) is 6.42 Å². The van der Waals surface area contributed by atoms with E-state index in [-0.39, 0.29) is 35.8 Å². The largest absolute Gasteiger partial charge is 0.458 e. The molecule has 5 aliphatic rings. The van der Waals surface area contributed by atoms with Crippen LogP contribution in [0.4, 0.5) is 0 Å². The van der Waals surface area contributed by atoms with E-state index in [1.807, 2.05) is 12.1 Å². The molecule has 1 aliphatic heterocycles. The van der Waals surface area contributed by atoms with E-state index in [0.29, 0.717) is 16.9 Å². The van der Waals surface area contributed by atoms with Crippen molar-refractivity contribution in [2.45, 2.75) is 182 Å². The van der Waals surface area contributed by atoms with Crippen molar-refractivity contribution in [2.75, 3.05) is 0 Å². The Hall–Kier alpha value is -2.37. The molecule has 1 saturated heterocycles. The summed E-state index contributed by atoms with van der Waals surface area (Å²) in [5, 5.41) is 0. The second-order valence-electron chi connectivity index (χ2n) is 21.2. The van der Waals surface area contributed by atoms with Gasteiger partial charge in [-0.3, -0.25) is 0 Å². The lowest BCUT2D eigenvalue weighted by molar-refractivity contribution is -0.0594. The molecule has 4 fully saturated rings. The molecule has 306 valence electrons. The smallest absolute Gasteiger partial charge is 0.458 e. The number of hydrogen-bond donors (Lipinski definition) is 0. The highest BCUT2D eigenvalue weighted by atomic mass is 16.7. The number of esters is 1. The number of benzene rings is 2. The van der Waals surface area contributed by atoms with Crippen LogP contribution in [-0.4, -0.2) is 30.4 Å². The second-order valence-corrected chi connectivity index (χ2v) is 21.2. The van der Waals surface area contributed by atoms with Crippen molar-refractivity contribution in [3.8, 4) is 0 Å². The Balaban J connectivity index is 0.907. The summed E-state index contributed by atoms with van der Waals surface area (Å²) in [5.74, 6) is 5.24. The Morgan fingerprint density at radius 2 is 1.52 bits per heavy atom. The van der Waals surface area contributed by atoms with Gasteiger partial charge < -0.3 is 14.0 Å². The average molecular weight is 763 g/mol. The van der Waals surface area contributed by atoms with Crippen LogP contribution in [0.15, 0.2) is 66.2 Å². The maximum absolute atomic E-state index is 13.5. The molecule has 3 saturated carbocycles. The van der Waals surface area contributed by atoms with Crippen LogP contribution in [0.1, 0.15) is 173 Å². The Kier molecular flexibility index (Phi) is 12.5. The molecule has 0 spiro atoms. The normalized spacial score (nSPS) is 32.9. The highest BCUT2D eigenvalue weighted by Crippen LogP contribution is 2.67. The molecule has 1 heterocycles. The summed E-state index contributed by atoms with van der Waals surface area (Å²) in [6.07, 6.45) is 20.6. The molecule has 5 heteroatoms. The first-order valence-corrected chi connectivity index (χ1v) is 23.0. The summed E-state index contributed by atoms with van der Waals surface area (Å²) in [4.78, 5) is 13.5. The Morgan fingerprint density at radius 3 is 2.21 bits per heavy atom. The number of aryl methyl sites for hydroxylation is 1. The average Bonchev–Trinajstić information content (AvgIpc) is 3.62. The summed E-state index contributed by atoms with van der Waals surface area (Å²) in [6.45, 7) is 21.1. The molecule has 4 nitrogen and oxygen atoms in total. The Morgan fingerprint density at radius 1 is 0.804 bits per heavy atom. The summed E-state index contributed by atoms with van der Waals surface area (Å²) in [5.41, 5.74) is 5.00. The molecule has 2 aromatic rings. The van der Waals surface area contributed by atoms with Gasteiger partial charge in [-0.1, -0.05) is 108 Å². The fourth-order valence-electron chi connectivity index (χ4n) is 12.8. The maximum atomic E-state index is 13.5. The lowest BCUT2D eigenvalue weighted by Gasteiger charge is -2.58. The number of fused-ring (bicyclic) bond motifs is 5. The number of carbonyl (C=O) groups excluding carboxylic acids is 1. The second kappa shape index (κ2) is 16.7. The molecule has 0 aromatic heterocycles. The topological polar surface area (TPSA) is 44.8 Å². The minimum atomic E-state index is -0.320. The van der Waals surface area contributed by atoms with E-state index in [4.69, 9.17) is 14.0 Å². The van der Waals surface area contributed by atoms with Crippen molar-refractivity contribution >= 4 is 13.1 Å². The van der Waals surface area contributed by atoms with Gasteiger partial charge in [0.1, 0.15) is 6.10 Å². The predicted octanol–water partition coefficient (Wildman–Crippen LogP) is 13.5. The number of carbonyl (C=O) groups is 1. The molecule has 0 N–H and O–H groups in total. The minimum absolute atomic E-state index is 0.0200. The van der Waals surface area contributed by atoms with Crippen molar-refractivity contribution in [2.24, 2.45) is 46.3 Å². The van der Waals surface area contributed by atoms with Crippen LogP contribution in [0.25, 0.3) is 0 Å². The molecule has 2 unspecified atom stereocenters. The van der Waals surface area contributed by atoms with Crippen molar-refractivity contribution < 1.29 is 18.8 Å². The summed E-state index contributed by atoms with van der Waals surface area (Å²) < 4.78 is 19.1. The first-order chi connectivity index (χ1) is 26.6. The van der Waals surface area contributed by atoms with Crippen LogP contribution in [0, 0.1) is 46.3 Å². The first kappa shape index (κ1) is 41.8. The summed E-state index contributed by atoms with van der Waals surface area (Å²) in [7, 11) is -0.207. The third-order valence-electron chi connectivity index (χ3n) is 16.8. The summed E-state index contributed by atoms with van der Waals surface area (Å²) >= 11 is 0. The summed E-state index contributed by atoms with van der Waals surface area (Å²) in [6, 6.07) is 19.0. The van der Waals surface area contributed by atoms with Gasteiger partial charge >= 0.3 is 13.1 Å². The minimum Gasteiger partial charge on any atom is -0.458 e. The van der Waals surface area contributed by atoms with Crippen LogP contribution in [-0.2, 0) is 20.5 Å². The zero-order chi connectivity index (χ0) is 39.9. The van der Waals surface area contributed by atoms with Crippen molar-refractivity contribution in [1.29, 1.82) is 0 Å².